The van der Waals surface area contributed by atoms with Crippen LogP contribution in [-0.2, 0) is 16.0 Å². The number of alkyl halides is 1. The summed E-state index contributed by atoms with van der Waals surface area (Å²) in [6.07, 6.45) is 1.25. The Morgan fingerprint density at radius 3 is 2.94 bits per heavy atom. The van der Waals surface area contributed by atoms with Crippen molar-refractivity contribution in [2.24, 2.45) is 0 Å². The fraction of sp³-hybridized carbons (Fsp3) is 0.500. The standard InChI is InChI=1S/C14H20ClNO2/c1-12-4-2-5-13(10-12)11-14(17)16-7-3-8-18-9-6-15/h2,4-5,10H,3,6-9,11H2,1H3,(H,16,17). The molecular formula is C14H20ClNO2. The van der Waals surface area contributed by atoms with Crippen LogP contribution in [0.1, 0.15) is 17.5 Å². The molecule has 0 aliphatic rings. The average Bonchev–Trinajstić information content (AvgIpc) is 2.33. The molecule has 1 N–H and O–H groups in total. The van der Waals surface area contributed by atoms with E-state index in [1.807, 2.05) is 31.2 Å². The lowest BCUT2D eigenvalue weighted by Gasteiger charge is -2.06. The van der Waals surface area contributed by atoms with Crippen LogP contribution >= 0.6 is 11.6 Å². The normalized spacial score (nSPS) is 10.3. The lowest BCUT2D eigenvalue weighted by Crippen LogP contribution is -2.26. The third-order valence-corrected chi connectivity index (χ3v) is 2.61. The minimum atomic E-state index is 0.0537. The van der Waals surface area contributed by atoms with Crippen molar-refractivity contribution in [2.75, 3.05) is 25.6 Å². The van der Waals surface area contributed by atoms with E-state index in [-0.39, 0.29) is 5.91 Å². The summed E-state index contributed by atoms with van der Waals surface area (Å²) in [6, 6.07) is 7.99. The maximum absolute atomic E-state index is 11.6. The second kappa shape index (κ2) is 8.95. The number of hydrogen-bond donors (Lipinski definition) is 1. The van der Waals surface area contributed by atoms with Gasteiger partial charge in [0, 0.05) is 19.0 Å². The van der Waals surface area contributed by atoms with E-state index in [0.29, 0.717) is 32.1 Å². The second-order valence-electron chi connectivity index (χ2n) is 4.17. The molecule has 1 amide bonds. The van der Waals surface area contributed by atoms with Gasteiger partial charge in [-0.1, -0.05) is 29.8 Å². The van der Waals surface area contributed by atoms with Crippen LogP contribution in [0.15, 0.2) is 24.3 Å². The average molecular weight is 270 g/mol. The van der Waals surface area contributed by atoms with Crippen LogP contribution in [-0.4, -0.2) is 31.5 Å². The molecule has 0 spiro atoms. The van der Waals surface area contributed by atoms with Crippen molar-refractivity contribution in [3.8, 4) is 0 Å². The topological polar surface area (TPSA) is 38.3 Å². The summed E-state index contributed by atoms with van der Waals surface area (Å²) in [7, 11) is 0. The predicted molar refractivity (Wildman–Crippen MR) is 74.0 cm³/mol. The molecule has 0 bridgehead atoms. The van der Waals surface area contributed by atoms with Gasteiger partial charge in [-0.2, -0.15) is 0 Å². The van der Waals surface area contributed by atoms with E-state index in [9.17, 15) is 4.79 Å². The molecule has 0 radical (unpaired) electrons. The molecule has 100 valence electrons. The van der Waals surface area contributed by atoms with Crippen molar-refractivity contribution in [1.29, 1.82) is 0 Å². The van der Waals surface area contributed by atoms with Crippen molar-refractivity contribution in [2.45, 2.75) is 19.8 Å². The van der Waals surface area contributed by atoms with Gasteiger partial charge >= 0.3 is 0 Å². The van der Waals surface area contributed by atoms with Gasteiger partial charge in [0.2, 0.25) is 5.91 Å². The molecule has 18 heavy (non-hydrogen) atoms. The highest BCUT2D eigenvalue weighted by Gasteiger charge is 2.02. The third-order valence-electron chi connectivity index (χ3n) is 2.46. The highest BCUT2D eigenvalue weighted by Crippen LogP contribution is 2.04. The Kier molecular flexibility index (Phi) is 7.46. The quantitative estimate of drug-likeness (QED) is 0.581. The summed E-state index contributed by atoms with van der Waals surface area (Å²) in [4.78, 5) is 11.6. The van der Waals surface area contributed by atoms with Crippen LogP contribution in [0, 0.1) is 6.92 Å². The highest BCUT2D eigenvalue weighted by atomic mass is 35.5. The summed E-state index contributed by atoms with van der Waals surface area (Å²) >= 11 is 5.47. The highest BCUT2D eigenvalue weighted by molar-refractivity contribution is 6.17. The molecule has 0 aliphatic carbocycles. The van der Waals surface area contributed by atoms with E-state index in [1.165, 1.54) is 5.56 Å². The van der Waals surface area contributed by atoms with Gasteiger partial charge in [-0.3, -0.25) is 4.79 Å². The van der Waals surface area contributed by atoms with Crippen LogP contribution < -0.4 is 5.32 Å². The zero-order valence-corrected chi connectivity index (χ0v) is 11.5. The van der Waals surface area contributed by atoms with Crippen molar-refractivity contribution in [3.05, 3.63) is 35.4 Å². The van der Waals surface area contributed by atoms with Gasteiger partial charge in [0.25, 0.3) is 0 Å². The predicted octanol–water partition coefficient (Wildman–Crippen LogP) is 2.30. The molecule has 0 saturated carbocycles. The van der Waals surface area contributed by atoms with Gasteiger partial charge in [0.1, 0.15) is 0 Å². The fourth-order valence-corrected chi connectivity index (χ4v) is 1.74. The molecule has 3 nitrogen and oxygen atoms in total. The Morgan fingerprint density at radius 1 is 1.39 bits per heavy atom. The molecule has 4 heteroatoms. The van der Waals surface area contributed by atoms with E-state index < -0.39 is 0 Å². The van der Waals surface area contributed by atoms with Crippen LogP contribution in [0.2, 0.25) is 0 Å². The van der Waals surface area contributed by atoms with Crippen molar-refractivity contribution >= 4 is 17.5 Å². The molecule has 0 aliphatic heterocycles. The number of benzene rings is 1. The first kappa shape index (κ1) is 15.0. The zero-order valence-electron chi connectivity index (χ0n) is 10.7. The SMILES string of the molecule is Cc1cccc(CC(=O)NCCCOCCCl)c1. The summed E-state index contributed by atoms with van der Waals surface area (Å²) in [6.45, 7) is 3.87. The number of halogens is 1. The van der Waals surface area contributed by atoms with Gasteiger partial charge in [0.15, 0.2) is 0 Å². The number of nitrogens with one attached hydrogen (secondary N) is 1. The third kappa shape index (κ3) is 6.62. The monoisotopic (exact) mass is 269 g/mol. The number of ether oxygens (including phenoxy) is 1. The minimum absolute atomic E-state index is 0.0537. The number of rotatable bonds is 8. The Labute approximate surface area is 113 Å². The van der Waals surface area contributed by atoms with Crippen LogP contribution in [0.25, 0.3) is 0 Å². The van der Waals surface area contributed by atoms with E-state index in [1.54, 1.807) is 0 Å². The molecule has 1 aromatic rings. The molecule has 0 fully saturated rings. The molecule has 0 unspecified atom stereocenters. The fourth-order valence-electron chi connectivity index (χ4n) is 1.63. The molecule has 0 saturated heterocycles. The molecule has 0 aromatic heterocycles. The Hall–Kier alpha value is -1.06. The number of carbonyl (C=O) groups is 1. The first-order valence-corrected chi connectivity index (χ1v) is 6.72. The number of amides is 1. The molecular weight excluding hydrogens is 250 g/mol. The maximum Gasteiger partial charge on any atom is 0.224 e. The van der Waals surface area contributed by atoms with Crippen molar-refractivity contribution in [1.82, 2.24) is 5.32 Å². The van der Waals surface area contributed by atoms with Crippen molar-refractivity contribution in [3.63, 3.8) is 0 Å². The largest absolute Gasteiger partial charge is 0.380 e. The van der Waals surface area contributed by atoms with Gasteiger partial charge in [0.05, 0.1) is 13.0 Å². The van der Waals surface area contributed by atoms with Crippen LogP contribution in [0.3, 0.4) is 0 Å². The lowest BCUT2D eigenvalue weighted by molar-refractivity contribution is -0.120. The molecule has 0 heterocycles. The first-order valence-electron chi connectivity index (χ1n) is 6.18. The van der Waals surface area contributed by atoms with Gasteiger partial charge in [-0.25, -0.2) is 0 Å². The van der Waals surface area contributed by atoms with Crippen LogP contribution in [0.4, 0.5) is 0 Å². The van der Waals surface area contributed by atoms with Gasteiger partial charge in [-0.15, -0.1) is 11.6 Å². The summed E-state index contributed by atoms with van der Waals surface area (Å²) < 4.78 is 5.22. The smallest absolute Gasteiger partial charge is 0.224 e. The summed E-state index contributed by atoms with van der Waals surface area (Å²) in [5.74, 6) is 0.567. The van der Waals surface area contributed by atoms with E-state index >= 15 is 0 Å². The summed E-state index contributed by atoms with van der Waals surface area (Å²) in [5, 5.41) is 2.88. The van der Waals surface area contributed by atoms with Gasteiger partial charge in [-0.05, 0) is 18.9 Å². The summed E-state index contributed by atoms with van der Waals surface area (Å²) in [5.41, 5.74) is 2.22. The second-order valence-corrected chi connectivity index (χ2v) is 4.55. The lowest BCUT2D eigenvalue weighted by atomic mass is 10.1. The number of carbonyl (C=O) groups excluding carboxylic acids is 1. The molecule has 0 atom stereocenters. The first-order chi connectivity index (χ1) is 8.72. The number of hydrogen-bond acceptors (Lipinski definition) is 2. The molecule has 1 rings (SSSR count). The van der Waals surface area contributed by atoms with Gasteiger partial charge < -0.3 is 10.1 Å². The molecule has 1 aromatic carbocycles. The Morgan fingerprint density at radius 2 is 2.22 bits per heavy atom. The Bertz CT molecular complexity index is 369. The van der Waals surface area contributed by atoms with E-state index in [4.69, 9.17) is 16.3 Å². The van der Waals surface area contributed by atoms with Crippen LogP contribution in [0.5, 0.6) is 0 Å². The van der Waals surface area contributed by atoms with E-state index in [0.717, 1.165) is 12.0 Å². The van der Waals surface area contributed by atoms with Crippen molar-refractivity contribution < 1.29 is 9.53 Å². The zero-order chi connectivity index (χ0) is 13.2. The Balaban J connectivity index is 2.14. The number of aryl methyl sites for hydroxylation is 1. The maximum atomic E-state index is 11.6. The van der Waals surface area contributed by atoms with E-state index in [2.05, 4.69) is 5.32 Å². The minimum Gasteiger partial charge on any atom is -0.380 e.